The lowest BCUT2D eigenvalue weighted by Crippen LogP contribution is -2.44. The molecule has 112 valence electrons. The second-order valence-corrected chi connectivity index (χ2v) is 5.73. The maximum absolute atomic E-state index is 12.8. The normalized spacial score (nSPS) is 11.2. The smallest absolute Gasteiger partial charge is 0.321 e. The van der Waals surface area contributed by atoms with E-state index in [4.69, 9.17) is 5.73 Å². The first-order chi connectivity index (χ1) is 9.38. The number of urea groups is 1. The third-order valence-corrected chi connectivity index (χ3v) is 3.05. The zero-order valence-corrected chi connectivity index (χ0v) is 12.4. The number of carbonyl (C=O) groups excluding carboxylic acids is 1. The van der Waals surface area contributed by atoms with Gasteiger partial charge in [-0.15, -0.1) is 0 Å². The molecule has 0 bridgehead atoms. The number of nitrogens with one attached hydrogen (secondary N) is 1. The molecule has 0 aliphatic carbocycles. The van der Waals surface area contributed by atoms with Crippen LogP contribution in [0.2, 0.25) is 0 Å². The fraction of sp³-hybridized carbons (Fsp3) is 0.533. The largest absolute Gasteiger partial charge is 0.330 e. The molecule has 0 unspecified atom stereocenters. The average Bonchev–Trinajstić information content (AvgIpc) is 2.40. The lowest BCUT2D eigenvalue weighted by molar-refractivity contribution is 0.181. The molecule has 1 rings (SSSR count). The Morgan fingerprint density at radius 2 is 1.95 bits per heavy atom. The first-order valence-electron chi connectivity index (χ1n) is 6.89. The Hall–Kier alpha value is -1.62. The first-order valence-corrected chi connectivity index (χ1v) is 6.89. The highest BCUT2D eigenvalue weighted by atomic mass is 19.1. The highest BCUT2D eigenvalue weighted by Gasteiger charge is 2.23. The maximum Gasteiger partial charge on any atom is 0.321 e. The summed E-state index contributed by atoms with van der Waals surface area (Å²) < 4.78 is 12.8. The van der Waals surface area contributed by atoms with Crippen molar-refractivity contribution in [3.8, 4) is 0 Å². The molecule has 0 saturated heterocycles. The molecule has 2 amide bonds. The van der Waals surface area contributed by atoms with Crippen molar-refractivity contribution in [1.29, 1.82) is 0 Å². The second kappa shape index (κ2) is 7.24. The number of nitrogens with two attached hydrogens (primary N) is 1. The van der Waals surface area contributed by atoms with Crippen LogP contribution in [0.4, 0.5) is 14.9 Å². The average molecular weight is 281 g/mol. The van der Waals surface area contributed by atoms with E-state index in [-0.39, 0.29) is 17.3 Å². The number of hydrogen-bond acceptors (Lipinski definition) is 2. The van der Waals surface area contributed by atoms with E-state index < -0.39 is 0 Å². The Bertz CT molecular complexity index is 431. The Morgan fingerprint density at radius 3 is 2.45 bits per heavy atom. The van der Waals surface area contributed by atoms with Crippen LogP contribution in [0.3, 0.4) is 0 Å². The monoisotopic (exact) mass is 281 g/mol. The molecule has 0 atom stereocenters. The summed E-state index contributed by atoms with van der Waals surface area (Å²) in [7, 11) is 0. The minimum atomic E-state index is -0.322. The molecular weight excluding hydrogens is 257 g/mol. The lowest BCUT2D eigenvalue weighted by atomic mass is 9.93. The van der Waals surface area contributed by atoms with Crippen molar-refractivity contribution in [3.63, 3.8) is 0 Å². The highest BCUT2D eigenvalue weighted by molar-refractivity contribution is 5.89. The highest BCUT2D eigenvalue weighted by Crippen LogP contribution is 2.16. The summed E-state index contributed by atoms with van der Waals surface area (Å²) in [6.07, 6.45) is 0.873. The van der Waals surface area contributed by atoms with E-state index in [1.165, 1.54) is 12.1 Å². The molecule has 20 heavy (non-hydrogen) atoms. The van der Waals surface area contributed by atoms with Gasteiger partial charge in [-0.3, -0.25) is 0 Å². The molecule has 0 radical (unpaired) electrons. The van der Waals surface area contributed by atoms with Gasteiger partial charge in [-0.2, -0.15) is 0 Å². The molecule has 0 aliphatic heterocycles. The molecule has 5 heteroatoms. The van der Waals surface area contributed by atoms with Crippen LogP contribution in [0, 0.1) is 11.2 Å². The van der Waals surface area contributed by atoms with Crippen LogP contribution in [0.15, 0.2) is 24.3 Å². The van der Waals surface area contributed by atoms with Gasteiger partial charge in [-0.25, -0.2) is 9.18 Å². The third-order valence-electron chi connectivity index (χ3n) is 3.05. The van der Waals surface area contributed by atoms with Crippen LogP contribution >= 0.6 is 0 Å². The van der Waals surface area contributed by atoms with Gasteiger partial charge in [0.2, 0.25) is 0 Å². The molecule has 0 saturated carbocycles. The number of nitrogens with zero attached hydrogens (tertiary/aromatic N) is 1. The Balaban J connectivity index is 2.71. The zero-order chi connectivity index (χ0) is 15.2. The van der Waals surface area contributed by atoms with Gasteiger partial charge in [0, 0.05) is 18.8 Å². The molecule has 0 aromatic heterocycles. The van der Waals surface area contributed by atoms with E-state index in [9.17, 15) is 9.18 Å². The van der Waals surface area contributed by atoms with Gasteiger partial charge < -0.3 is 16.0 Å². The number of anilines is 1. The molecule has 0 fully saturated rings. The molecular formula is C15H24FN3O. The Labute approximate surface area is 120 Å². The SMILES string of the molecule is CCCN(CC(C)(C)CN)C(=O)Nc1ccc(F)cc1. The fourth-order valence-electron chi connectivity index (χ4n) is 1.84. The van der Waals surface area contributed by atoms with Gasteiger partial charge in [0.1, 0.15) is 5.82 Å². The van der Waals surface area contributed by atoms with Crippen molar-refractivity contribution in [1.82, 2.24) is 4.90 Å². The predicted molar refractivity (Wildman–Crippen MR) is 80.1 cm³/mol. The standard InChI is InChI=1S/C15H24FN3O/c1-4-9-19(11-15(2,3)10-17)14(20)18-13-7-5-12(16)6-8-13/h5-8H,4,9-11,17H2,1-3H3,(H,18,20). The summed E-state index contributed by atoms with van der Waals surface area (Å²) in [6.45, 7) is 7.84. The maximum atomic E-state index is 12.8. The van der Waals surface area contributed by atoms with Gasteiger partial charge in [0.25, 0.3) is 0 Å². The van der Waals surface area contributed by atoms with Gasteiger partial charge in [-0.1, -0.05) is 20.8 Å². The van der Waals surface area contributed by atoms with Crippen LogP contribution in [0.25, 0.3) is 0 Å². The van der Waals surface area contributed by atoms with Crippen LogP contribution in [-0.4, -0.2) is 30.6 Å². The predicted octanol–water partition coefficient (Wildman–Crippen LogP) is 3.05. The number of amides is 2. The summed E-state index contributed by atoms with van der Waals surface area (Å²) >= 11 is 0. The third kappa shape index (κ3) is 5.17. The second-order valence-electron chi connectivity index (χ2n) is 5.73. The molecule has 1 aromatic rings. The van der Waals surface area contributed by atoms with Crippen LogP contribution in [0.1, 0.15) is 27.2 Å². The van der Waals surface area contributed by atoms with Crippen LogP contribution in [-0.2, 0) is 0 Å². The van der Waals surface area contributed by atoms with Gasteiger partial charge in [0.05, 0.1) is 0 Å². The van der Waals surface area contributed by atoms with Crippen molar-refractivity contribution in [2.45, 2.75) is 27.2 Å². The van der Waals surface area contributed by atoms with Crippen molar-refractivity contribution < 1.29 is 9.18 Å². The lowest BCUT2D eigenvalue weighted by Gasteiger charge is -2.31. The van der Waals surface area contributed by atoms with Crippen molar-refractivity contribution in [3.05, 3.63) is 30.1 Å². The minimum Gasteiger partial charge on any atom is -0.330 e. The topological polar surface area (TPSA) is 58.4 Å². The summed E-state index contributed by atoms with van der Waals surface area (Å²) in [5.41, 5.74) is 6.18. The molecule has 0 aliphatic rings. The summed E-state index contributed by atoms with van der Waals surface area (Å²) in [5.74, 6) is -0.322. The number of hydrogen-bond donors (Lipinski definition) is 2. The van der Waals surface area contributed by atoms with Crippen LogP contribution < -0.4 is 11.1 Å². The summed E-state index contributed by atoms with van der Waals surface area (Å²) in [6, 6.07) is 5.56. The number of halogens is 1. The molecule has 4 nitrogen and oxygen atoms in total. The molecule has 1 aromatic carbocycles. The van der Waals surface area contributed by atoms with Crippen molar-refractivity contribution in [2.75, 3.05) is 25.0 Å². The quantitative estimate of drug-likeness (QED) is 0.842. The van der Waals surface area contributed by atoms with Crippen molar-refractivity contribution in [2.24, 2.45) is 11.1 Å². The fourth-order valence-corrected chi connectivity index (χ4v) is 1.84. The van der Waals surface area contributed by atoms with Gasteiger partial charge in [-0.05, 0) is 42.6 Å². The minimum absolute atomic E-state index is 0.130. The summed E-state index contributed by atoms with van der Waals surface area (Å²) in [5, 5.41) is 2.78. The van der Waals surface area contributed by atoms with Gasteiger partial charge in [0.15, 0.2) is 0 Å². The first kappa shape index (κ1) is 16.4. The van der Waals surface area contributed by atoms with E-state index in [1.54, 1.807) is 17.0 Å². The number of benzene rings is 1. The van der Waals surface area contributed by atoms with E-state index in [1.807, 2.05) is 20.8 Å². The number of rotatable bonds is 6. The van der Waals surface area contributed by atoms with Gasteiger partial charge >= 0.3 is 6.03 Å². The Morgan fingerprint density at radius 1 is 1.35 bits per heavy atom. The van der Waals surface area contributed by atoms with E-state index in [0.717, 1.165) is 6.42 Å². The molecule has 0 heterocycles. The van der Waals surface area contributed by atoms with E-state index >= 15 is 0 Å². The number of carbonyl (C=O) groups is 1. The summed E-state index contributed by atoms with van der Waals surface area (Å²) in [4.78, 5) is 14.0. The molecule has 3 N–H and O–H groups in total. The van der Waals surface area contributed by atoms with E-state index in [0.29, 0.717) is 25.3 Å². The van der Waals surface area contributed by atoms with E-state index in [2.05, 4.69) is 5.32 Å². The Kier molecular flexibility index (Phi) is 5.95. The van der Waals surface area contributed by atoms with Crippen LogP contribution in [0.5, 0.6) is 0 Å². The van der Waals surface area contributed by atoms with Crippen molar-refractivity contribution >= 4 is 11.7 Å². The zero-order valence-electron chi connectivity index (χ0n) is 12.4. The molecule has 0 spiro atoms.